The Kier molecular flexibility index (Phi) is 5.58. The van der Waals surface area contributed by atoms with Gasteiger partial charge in [0.1, 0.15) is 0 Å². The minimum absolute atomic E-state index is 1.15. The second kappa shape index (κ2) is 8.62. The van der Waals surface area contributed by atoms with Crippen molar-refractivity contribution in [2.45, 2.75) is 13.8 Å². The first-order valence-electron chi connectivity index (χ1n) is 9.96. The highest BCUT2D eigenvalue weighted by atomic mass is 15.1. The molecule has 0 spiro atoms. The van der Waals surface area contributed by atoms with Gasteiger partial charge in [0.15, 0.2) is 0 Å². The maximum absolute atomic E-state index is 2.30. The fourth-order valence-corrected chi connectivity index (χ4v) is 3.33. The van der Waals surface area contributed by atoms with Crippen molar-refractivity contribution in [2.24, 2.45) is 0 Å². The van der Waals surface area contributed by atoms with E-state index in [9.17, 15) is 0 Å². The van der Waals surface area contributed by atoms with Crippen LogP contribution in [-0.4, -0.2) is 0 Å². The molecule has 0 unspecified atom stereocenters. The van der Waals surface area contributed by atoms with Crippen LogP contribution in [0.15, 0.2) is 103 Å². The van der Waals surface area contributed by atoms with Crippen molar-refractivity contribution in [3.8, 4) is 0 Å². The molecule has 0 atom stereocenters. The molecular weight excluding hydrogens is 350 g/mol. The van der Waals surface area contributed by atoms with Crippen molar-refractivity contribution >= 4 is 29.2 Å². The Labute approximate surface area is 173 Å². The summed E-state index contributed by atoms with van der Waals surface area (Å²) in [4.78, 5) is 2.30. The van der Waals surface area contributed by atoms with Gasteiger partial charge in [0.2, 0.25) is 0 Å². The van der Waals surface area contributed by atoms with E-state index >= 15 is 0 Å². The Morgan fingerprint density at radius 1 is 0.448 bits per heavy atom. The van der Waals surface area contributed by atoms with E-state index in [0.29, 0.717) is 0 Å². The number of benzene rings is 4. The van der Waals surface area contributed by atoms with E-state index in [-0.39, 0.29) is 0 Å². The third-order valence-electron chi connectivity index (χ3n) is 5.00. The van der Waals surface area contributed by atoms with Gasteiger partial charge in [-0.3, -0.25) is 0 Å². The monoisotopic (exact) mass is 375 g/mol. The van der Waals surface area contributed by atoms with Crippen molar-refractivity contribution in [2.75, 3.05) is 4.90 Å². The molecule has 0 aromatic heterocycles. The van der Waals surface area contributed by atoms with Gasteiger partial charge < -0.3 is 4.90 Å². The largest absolute Gasteiger partial charge is 0.311 e. The average Bonchev–Trinajstić information content (AvgIpc) is 2.77. The first kappa shape index (κ1) is 18.8. The third-order valence-corrected chi connectivity index (χ3v) is 5.00. The predicted octanol–water partition coefficient (Wildman–Crippen LogP) is 7.94. The quantitative estimate of drug-likeness (QED) is 0.320. The summed E-state index contributed by atoms with van der Waals surface area (Å²) >= 11 is 0. The fraction of sp³-hybridized carbons (Fsp3) is 0.0714. The van der Waals surface area contributed by atoms with Gasteiger partial charge >= 0.3 is 0 Å². The van der Waals surface area contributed by atoms with E-state index in [0.717, 1.165) is 17.1 Å². The first-order valence-corrected chi connectivity index (χ1v) is 9.96. The molecule has 0 bridgehead atoms. The van der Waals surface area contributed by atoms with Crippen LogP contribution < -0.4 is 4.90 Å². The van der Waals surface area contributed by atoms with Crippen molar-refractivity contribution < 1.29 is 0 Å². The average molecular weight is 376 g/mol. The van der Waals surface area contributed by atoms with E-state index < -0.39 is 0 Å². The third kappa shape index (κ3) is 4.64. The molecule has 29 heavy (non-hydrogen) atoms. The lowest BCUT2D eigenvalue weighted by Crippen LogP contribution is -2.09. The van der Waals surface area contributed by atoms with Gasteiger partial charge in [0, 0.05) is 17.1 Å². The number of anilines is 3. The minimum atomic E-state index is 1.15. The van der Waals surface area contributed by atoms with Crippen LogP contribution in [-0.2, 0) is 0 Å². The number of hydrogen-bond acceptors (Lipinski definition) is 1. The molecule has 0 fully saturated rings. The van der Waals surface area contributed by atoms with Gasteiger partial charge in [0.25, 0.3) is 0 Å². The van der Waals surface area contributed by atoms with Crippen LogP contribution in [0, 0.1) is 13.8 Å². The van der Waals surface area contributed by atoms with Gasteiger partial charge in [-0.05, 0) is 61.4 Å². The molecule has 4 rings (SSSR count). The van der Waals surface area contributed by atoms with Gasteiger partial charge in [-0.1, -0.05) is 90.0 Å². The highest BCUT2D eigenvalue weighted by Crippen LogP contribution is 2.34. The minimum Gasteiger partial charge on any atom is -0.311 e. The molecule has 0 aliphatic carbocycles. The maximum atomic E-state index is 2.30. The standard InChI is InChI=1S/C28H25N/c1-22-8-16-26(17-9-22)29(27-18-10-23(2)11-19-27)28-20-14-25(15-21-28)13-12-24-6-4-3-5-7-24/h3-21H,1-2H3. The highest BCUT2D eigenvalue weighted by molar-refractivity contribution is 5.78. The second-order valence-electron chi connectivity index (χ2n) is 7.34. The fourth-order valence-electron chi connectivity index (χ4n) is 3.33. The molecule has 0 N–H and O–H groups in total. The summed E-state index contributed by atoms with van der Waals surface area (Å²) in [6, 6.07) is 36.5. The Bertz CT molecular complexity index is 1030. The zero-order chi connectivity index (χ0) is 20.1. The lowest BCUT2D eigenvalue weighted by Gasteiger charge is -2.25. The lowest BCUT2D eigenvalue weighted by molar-refractivity contribution is 1.27. The number of aryl methyl sites for hydroxylation is 2. The Hall–Kier alpha value is -3.58. The predicted molar refractivity (Wildman–Crippen MR) is 126 cm³/mol. The van der Waals surface area contributed by atoms with E-state index in [1.165, 1.54) is 22.3 Å². The molecule has 0 amide bonds. The van der Waals surface area contributed by atoms with Gasteiger partial charge in [-0.15, -0.1) is 0 Å². The van der Waals surface area contributed by atoms with Gasteiger partial charge in [-0.25, -0.2) is 0 Å². The van der Waals surface area contributed by atoms with Crippen LogP contribution in [0.4, 0.5) is 17.1 Å². The first-order chi connectivity index (χ1) is 14.2. The van der Waals surface area contributed by atoms with Crippen LogP contribution >= 0.6 is 0 Å². The molecular formula is C28H25N. The highest BCUT2D eigenvalue weighted by Gasteiger charge is 2.11. The van der Waals surface area contributed by atoms with E-state index in [1.807, 2.05) is 6.07 Å². The Balaban J connectivity index is 1.66. The van der Waals surface area contributed by atoms with Crippen LogP contribution in [0.25, 0.3) is 12.2 Å². The lowest BCUT2D eigenvalue weighted by atomic mass is 10.1. The summed E-state index contributed by atoms with van der Waals surface area (Å²) < 4.78 is 0. The molecule has 1 nitrogen and oxygen atoms in total. The van der Waals surface area contributed by atoms with Crippen LogP contribution in [0.2, 0.25) is 0 Å². The van der Waals surface area contributed by atoms with Crippen LogP contribution in [0.1, 0.15) is 22.3 Å². The summed E-state index contributed by atoms with van der Waals surface area (Å²) in [5, 5.41) is 0. The molecule has 0 aliphatic heterocycles. The van der Waals surface area contributed by atoms with Crippen LogP contribution in [0.3, 0.4) is 0 Å². The molecule has 4 aromatic rings. The molecule has 0 saturated heterocycles. The molecule has 142 valence electrons. The van der Waals surface area contributed by atoms with Crippen LogP contribution in [0.5, 0.6) is 0 Å². The summed E-state index contributed by atoms with van der Waals surface area (Å²) in [6.45, 7) is 4.24. The maximum Gasteiger partial charge on any atom is 0.0462 e. The zero-order valence-electron chi connectivity index (χ0n) is 16.9. The Morgan fingerprint density at radius 2 is 0.828 bits per heavy atom. The Morgan fingerprint density at radius 3 is 1.28 bits per heavy atom. The van der Waals surface area contributed by atoms with Gasteiger partial charge in [-0.2, -0.15) is 0 Å². The SMILES string of the molecule is Cc1ccc(N(c2ccc(C)cc2)c2ccc(C=Cc3ccccc3)cc2)cc1. The smallest absolute Gasteiger partial charge is 0.0462 e. The van der Waals surface area contributed by atoms with Gasteiger partial charge in [0.05, 0.1) is 0 Å². The van der Waals surface area contributed by atoms with Crippen molar-refractivity contribution in [1.82, 2.24) is 0 Å². The molecule has 4 aromatic carbocycles. The van der Waals surface area contributed by atoms with E-state index in [4.69, 9.17) is 0 Å². The topological polar surface area (TPSA) is 3.24 Å². The summed E-state index contributed by atoms with van der Waals surface area (Å²) in [5.41, 5.74) is 8.38. The molecule has 0 saturated carbocycles. The van der Waals surface area contributed by atoms with E-state index in [1.54, 1.807) is 0 Å². The van der Waals surface area contributed by atoms with E-state index in [2.05, 4.69) is 128 Å². The molecule has 0 aliphatic rings. The van der Waals surface area contributed by atoms with Crippen molar-refractivity contribution in [3.63, 3.8) is 0 Å². The normalized spacial score (nSPS) is 11.0. The summed E-state index contributed by atoms with van der Waals surface area (Å²) in [7, 11) is 0. The number of hydrogen-bond donors (Lipinski definition) is 0. The summed E-state index contributed by atoms with van der Waals surface area (Å²) in [5.74, 6) is 0. The molecule has 0 radical (unpaired) electrons. The number of rotatable bonds is 5. The number of nitrogens with zero attached hydrogens (tertiary/aromatic N) is 1. The van der Waals surface area contributed by atoms with Crippen molar-refractivity contribution in [3.05, 3.63) is 125 Å². The van der Waals surface area contributed by atoms with Crippen molar-refractivity contribution in [1.29, 1.82) is 0 Å². The summed E-state index contributed by atoms with van der Waals surface area (Å²) in [6.07, 6.45) is 4.30. The zero-order valence-corrected chi connectivity index (χ0v) is 16.9. The molecule has 1 heteroatoms. The second-order valence-corrected chi connectivity index (χ2v) is 7.34. The molecule has 0 heterocycles.